The van der Waals surface area contributed by atoms with Crippen LogP contribution in [0.1, 0.15) is 34.3 Å². The molecule has 0 atom stereocenters. The van der Waals surface area contributed by atoms with Crippen molar-refractivity contribution in [3.63, 3.8) is 0 Å². The van der Waals surface area contributed by atoms with E-state index in [9.17, 15) is 4.79 Å². The third-order valence-corrected chi connectivity index (χ3v) is 6.40. The van der Waals surface area contributed by atoms with Gasteiger partial charge in [0.1, 0.15) is 11.5 Å². The van der Waals surface area contributed by atoms with Crippen LogP contribution in [0.3, 0.4) is 0 Å². The molecule has 3 aromatic carbocycles. The predicted octanol–water partition coefficient (Wildman–Crippen LogP) is 5.61. The van der Waals surface area contributed by atoms with Crippen LogP contribution in [0.25, 0.3) is 6.08 Å². The van der Waals surface area contributed by atoms with Crippen LogP contribution in [0.5, 0.6) is 11.5 Å². The van der Waals surface area contributed by atoms with Crippen molar-refractivity contribution < 1.29 is 9.53 Å². The summed E-state index contributed by atoms with van der Waals surface area (Å²) in [5.41, 5.74) is 3.13. The lowest BCUT2D eigenvalue weighted by molar-refractivity contribution is 0.0607. The van der Waals surface area contributed by atoms with Gasteiger partial charge in [-0.05, 0) is 42.7 Å². The summed E-state index contributed by atoms with van der Waals surface area (Å²) in [6.07, 6.45) is 6.41. The molecule has 1 amide bonds. The van der Waals surface area contributed by atoms with E-state index in [1.165, 1.54) is 5.56 Å². The quantitative estimate of drug-likeness (QED) is 0.515. The van der Waals surface area contributed by atoms with Crippen LogP contribution in [0.2, 0.25) is 0 Å². The van der Waals surface area contributed by atoms with Gasteiger partial charge >= 0.3 is 0 Å². The third-order valence-electron chi connectivity index (χ3n) is 6.40. The van der Waals surface area contributed by atoms with Gasteiger partial charge in [-0.3, -0.25) is 9.69 Å². The van der Waals surface area contributed by atoms with Crippen molar-refractivity contribution in [2.75, 3.05) is 19.6 Å². The van der Waals surface area contributed by atoms with Crippen LogP contribution in [0, 0.1) is 0 Å². The molecule has 0 N–H and O–H groups in total. The fourth-order valence-corrected chi connectivity index (χ4v) is 4.64. The fourth-order valence-electron chi connectivity index (χ4n) is 4.64. The zero-order valence-corrected chi connectivity index (χ0v) is 18.2. The van der Waals surface area contributed by atoms with Gasteiger partial charge in [0.05, 0.1) is 0 Å². The number of hydrogen-bond acceptors (Lipinski definition) is 3. The average Bonchev–Trinajstić information content (AvgIpc) is 3.18. The first kappa shape index (κ1) is 20.5. The van der Waals surface area contributed by atoms with Gasteiger partial charge in [0.2, 0.25) is 0 Å². The summed E-state index contributed by atoms with van der Waals surface area (Å²) < 4.78 is 6.06. The molecular formula is C28H28N2O2. The summed E-state index contributed by atoms with van der Waals surface area (Å²) in [4.78, 5) is 17.3. The average molecular weight is 425 g/mol. The van der Waals surface area contributed by atoms with Crippen molar-refractivity contribution in [2.24, 2.45) is 0 Å². The number of para-hydroxylation sites is 2. The van der Waals surface area contributed by atoms with Crippen molar-refractivity contribution in [3.8, 4) is 11.5 Å². The van der Waals surface area contributed by atoms with Crippen LogP contribution < -0.4 is 4.74 Å². The van der Waals surface area contributed by atoms with Gasteiger partial charge < -0.3 is 9.64 Å². The summed E-state index contributed by atoms with van der Waals surface area (Å²) in [6, 6.07) is 26.3. The van der Waals surface area contributed by atoms with E-state index in [1.54, 1.807) is 0 Å². The van der Waals surface area contributed by atoms with E-state index in [0.29, 0.717) is 6.04 Å². The molecule has 2 aliphatic rings. The van der Waals surface area contributed by atoms with Gasteiger partial charge in [-0.1, -0.05) is 66.7 Å². The Morgan fingerprint density at radius 2 is 1.59 bits per heavy atom. The van der Waals surface area contributed by atoms with E-state index in [2.05, 4.69) is 34.1 Å². The van der Waals surface area contributed by atoms with E-state index < -0.39 is 0 Å². The molecule has 0 radical (unpaired) electrons. The van der Waals surface area contributed by atoms with Crippen molar-refractivity contribution in [2.45, 2.75) is 25.4 Å². The molecule has 0 spiro atoms. The largest absolute Gasteiger partial charge is 0.457 e. The Morgan fingerprint density at radius 3 is 2.41 bits per heavy atom. The number of likely N-dealkylation sites (tertiary alicyclic amines) is 1. The standard InChI is InChI=1S/C28H28N2O2/c31-28-26-14-6-4-10-23(26)21-30(28)24-16-19-29(20-17-24)18-8-11-22-9-5-7-15-27(22)32-25-12-2-1-3-13-25/h1-15,24H,16-21H2/b11-8-. The zero-order valence-electron chi connectivity index (χ0n) is 18.2. The number of ether oxygens (including phenoxy) is 1. The smallest absolute Gasteiger partial charge is 0.254 e. The molecule has 2 aliphatic heterocycles. The summed E-state index contributed by atoms with van der Waals surface area (Å²) in [6.45, 7) is 3.69. The van der Waals surface area contributed by atoms with E-state index in [-0.39, 0.29) is 5.91 Å². The maximum atomic E-state index is 12.8. The minimum Gasteiger partial charge on any atom is -0.457 e. The highest BCUT2D eigenvalue weighted by molar-refractivity contribution is 5.98. The Balaban J connectivity index is 1.15. The first-order valence-electron chi connectivity index (χ1n) is 11.4. The monoisotopic (exact) mass is 424 g/mol. The molecule has 1 saturated heterocycles. The van der Waals surface area contributed by atoms with Crippen molar-refractivity contribution in [1.82, 2.24) is 9.80 Å². The van der Waals surface area contributed by atoms with Crippen molar-refractivity contribution in [3.05, 3.63) is 102 Å². The third kappa shape index (κ3) is 4.46. The van der Waals surface area contributed by atoms with E-state index >= 15 is 0 Å². The number of amides is 1. The molecule has 4 heteroatoms. The van der Waals surface area contributed by atoms with Crippen molar-refractivity contribution in [1.29, 1.82) is 0 Å². The molecule has 1 fully saturated rings. The van der Waals surface area contributed by atoms with E-state index in [1.807, 2.05) is 66.7 Å². The van der Waals surface area contributed by atoms with Crippen LogP contribution in [-0.2, 0) is 6.54 Å². The summed E-state index contributed by atoms with van der Waals surface area (Å²) >= 11 is 0. The molecule has 32 heavy (non-hydrogen) atoms. The van der Waals surface area contributed by atoms with Gasteiger partial charge in [-0.2, -0.15) is 0 Å². The number of hydrogen-bond donors (Lipinski definition) is 0. The second-order valence-electron chi connectivity index (χ2n) is 8.48. The van der Waals surface area contributed by atoms with Gasteiger partial charge in [-0.25, -0.2) is 0 Å². The van der Waals surface area contributed by atoms with E-state index in [0.717, 1.165) is 61.6 Å². The number of piperidine rings is 1. The maximum absolute atomic E-state index is 12.8. The van der Waals surface area contributed by atoms with Crippen LogP contribution >= 0.6 is 0 Å². The first-order valence-corrected chi connectivity index (χ1v) is 11.4. The SMILES string of the molecule is O=C1c2ccccc2CN1C1CCN(C/C=C\c2ccccc2Oc2ccccc2)CC1. The molecule has 3 aromatic rings. The van der Waals surface area contributed by atoms with Crippen LogP contribution in [-0.4, -0.2) is 41.4 Å². The predicted molar refractivity (Wildman–Crippen MR) is 128 cm³/mol. The molecule has 0 bridgehead atoms. The first-order chi connectivity index (χ1) is 15.8. The summed E-state index contributed by atoms with van der Waals surface area (Å²) in [5, 5.41) is 0. The normalized spacial score (nSPS) is 17.1. The van der Waals surface area contributed by atoms with Gasteiger partial charge in [0.15, 0.2) is 0 Å². The molecular weight excluding hydrogens is 396 g/mol. The Bertz CT molecular complexity index is 1100. The maximum Gasteiger partial charge on any atom is 0.254 e. The Hall–Kier alpha value is -3.37. The van der Waals surface area contributed by atoms with Crippen LogP contribution in [0.15, 0.2) is 84.9 Å². The van der Waals surface area contributed by atoms with Crippen molar-refractivity contribution >= 4 is 12.0 Å². The molecule has 5 rings (SSSR count). The number of rotatable bonds is 6. The minimum atomic E-state index is 0.203. The number of benzene rings is 3. The number of nitrogens with zero attached hydrogens (tertiary/aromatic N) is 2. The Morgan fingerprint density at radius 1 is 0.875 bits per heavy atom. The highest BCUT2D eigenvalue weighted by atomic mass is 16.5. The lowest BCUT2D eigenvalue weighted by Crippen LogP contribution is -2.45. The molecule has 2 heterocycles. The molecule has 0 unspecified atom stereocenters. The second-order valence-corrected chi connectivity index (χ2v) is 8.48. The Kier molecular flexibility index (Phi) is 6.04. The zero-order chi connectivity index (χ0) is 21.8. The molecule has 0 aliphatic carbocycles. The van der Waals surface area contributed by atoms with E-state index in [4.69, 9.17) is 4.74 Å². The molecule has 162 valence electrons. The number of carbonyl (C=O) groups is 1. The second kappa shape index (κ2) is 9.41. The lowest BCUT2D eigenvalue weighted by Gasteiger charge is -2.36. The molecule has 4 nitrogen and oxygen atoms in total. The Labute approximate surface area is 189 Å². The van der Waals surface area contributed by atoms with Gasteiger partial charge in [-0.15, -0.1) is 0 Å². The van der Waals surface area contributed by atoms with Gasteiger partial charge in [0, 0.05) is 43.3 Å². The molecule has 0 aromatic heterocycles. The number of carbonyl (C=O) groups excluding carboxylic acids is 1. The molecule has 0 saturated carbocycles. The highest BCUT2D eigenvalue weighted by Gasteiger charge is 2.33. The van der Waals surface area contributed by atoms with Crippen LogP contribution in [0.4, 0.5) is 0 Å². The topological polar surface area (TPSA) is 32.8 Å². The summed E-state index contributed by atoms with van der Waals surface area (Å²) in [7, 11) is 0. The van der Waals surface area contributed by atoms with Gasteiger partial charge in [0.25, 0.3) is 5.91 Å². The summed E-state index contributed by atoms with van der Waals surface area (Å²) in [5.74, 6) is 1.91. The lowest BCUT2D eigenvalue weighted by atomic mass is 10.0. The highest BCUT2D eigenvalue weighted by Crippen LogP contribution is 2.29. The minimum absolute atomic E-state index is 0.203. The fraction of sp³-hybridized carbons (Fsp3) is 0.250. The number of fused-ring (bicyclic) bond motifs is 1.